The quantitative estimate of drug-likeness (QED) is 0.644. The Labute approximate surface area is 80.1 Å². The number of amides is 1. The zero-order valence-corrected chi connectivity index (χ0v) is 8.38. The predicted molar refractivity (Wildman–Crippen MR) is 53.2 cm³/mol. The second kappa shape index (κ2) is 5.22. The van der Waals surface area contributed by atoms with Gasteiger partial charge in [-0.25, -0.2) is 0 Å². The normalized spacial score (nSPS) is 29.6. The lowest BCUT2D eigenvalue weighted by Gasteiger charge is -2.21. The van der Waals surface area contributed by atoms with Gasteiger partial charge in [-0.05, 0) is 18.8 Å². The van der Waals surface area contributed by atoms with Crippen molar-refractivity contribution in [2.75, 3.05) is 6.54 Å². The van der Waals surface area contributed by atoms with Crippen LogP contribution in [-0.4, -0.2) is 18.5 Å². The van der Waals surface area contributed by atoms with Crippen LogP contribution < -0.4 is 11.1 Å². The molecule has 1 fully saturated rings. The highest BCUT2D eigenvalue weighted by molar-refractivity contribution is 5.75. The first-order valence-electron chi connectivity index (χ1n) is 5.22. The van der Waals surface area contributed by atoms with Crippen LogP contribution >= 0.6 is 0 Å². The fraction of sp³-hybridized carbons (Fsp3) is 0.900. The molecule has 3 N–H and O–H groups in total. The number of nitrogens with one attached hydrogen (secondary N) is 1. The molecule has 1 aliphatic rings. The number of hydrogen-bond donors (Lipinski definition) is 2. The Hall–Kier alpha value is -0.570. The Morgan fingerprint density at radius 3 is 2.77 bits per heavy atom. The van der Waals surface area contributed by atoms with Crippen LogP contribution in [0.2, 0.25) is 0 Å². The summed E-state index contributed by atoms with van der Waals surface area (Å²) in [6.07, 6.45) is 6.40. The molecule has 1 aliphatic carbocycles. The van der Waals surface area contributed by atoms with E-state index in [0.29, 0.717) is 18.5 Å². The zero-order chi connectivity index (χ0) is 9.68. The van der Waals surface area contributed by atoms with Crippen molar-refractivity contribution in [3.63, 3.8) is 0 Å². The van der Waals surface area contributed by atoms with Crippen LogP contribution in [0.5, 0.6) is 0 Å². The van der Waals surface area contributed by atoms with E-state index in [2.05, 4.69) is 12.2 Å². The van der Waals surface area contributed by atoms with Gasteiger partial charge in [-0.3, -0.25) is 4.79 Å². The lowest BCUT2D eigenvalue weighted by atomic mass is 9.97. The maximum absolute atomic E-state index is 10.6. The average Bonchev–Trinajstić information content (AvgIpc) is 2.27. The Bertz CT molecular complexity index is 170. The van der Waals surface area contributed by atoms with E-state index in [1.165, 1.54) is 32.1 Å². The summed E-state index contributed by atoms with van der Waals surface area (Å²) in [7, 11) is 0. The molecule has 3 nitrogen and oxygen atoms in total. The molecule has 0 radical (unpaired) electrons. The Balaban J connectivity index is 2.31. The minimum absolute atomic E-state index is 0.253. The van der Waals surface area contributed by atoms with E-state index >= 15 is 0 Å². The summed E-state index contributed by atoms with van der Waals surface area (Å²) in [6.45, 7) is 2.58. The van der Waals surface area contributed by atoms with Crippen molar-refractivity contribution in [2.24, 2.45) is 11.7 Å². The SMILES string of the molecule is CC1CCCCCC1NCC(N)=O. The van der Waals surface area contributed by atoms with Gasteiger partial charge >= 0.3 is 0 Å². The molecule has 0 aromatic rings. The van der Waals surface area contributed by atoms with Crippen molar-refractivity contribution in [1.29, 1.82) is 0 Å². The summed E-state index contributed by atoms with van der Waals surface area (Å²) in [5.74, 6) is 0.429. The third-order valence-corrected chi connectivity index (χ3v) is 2.90. The molecule has 0 spiro atoms. The van der Waals surface area contributed by atoms with Crippen LogP contribution in [0, 0.1) is 5.92 Å². The summed E-state index contributed by atoms with van der Waals surface area (Å²) < 4.78 is 0. The first kappa shape index (κ1) is 10.5. The van der Waals surface area contributed by atoms with Gasteiger partial charge in [-0.1, -0.05) is 26.2 Å². The van der Waals surface area contributed by atoms with Gasteiger partial charge in [0.15, 0.2) is 0 Å². The molecular formula is C10H20N2O. The molecule has 13 heavy (non-hydrogen) atoms. The maximum atomic E-state index is 10.6. The van der Waals surface area contributed by atoms with Gasteiger partial charge in [-0.15, -0.1) is 0 Å². The average molecular weight is 184 g/mol. The lowest BCUT2D eigenvalue weighted by Crippen LogP contribution is -2.39. The topological polar surface area (TPSA) is 55.1 Å². The van der Waals surface area contributed by atoms with Crippen molar-refractivity contribution in [3.8, 4) is 0 Å². The second-order valence-electron chi connectivity index (χ2n) is 4.07. The molecule has 3 heteroatoms. The Morgan fingerprint density at radius 2 is 2.08 bits per heavy atom. The number of carbonyl (C=O) groups excluding carboxylic acids is 1. The molecule has 0 aromatic heterocycles. The number of hydrogen-bond acceptors (Lipinski definition) is 2. The van der Waals surface area contributed by atoms with E-state index in [9.17, 15) is 4.79 Å². The van der Waals surface area contributed by atoms with Gasteiger partial charge in [0.1, 0.15) is 0 Å². The monoisotopic (exact) mass is 184 g/mol. The number of primary amides is 1. The van der Waals surface area contributed by atoms with Gasteiger partial charge in [0, 0.05) is 6.04 Å². The van der Waals surface area contributed by atoms with E-state index in [1.54, 1.807) is 0 Å². The largest absolute Gasteiger partial charge is 0.369 e. The molecule has 1 saturated carbocycles. The van der Waals surface area contributed by atoms with Crippen molar-refractivity contribution >= 4 is 5.91 Å². The molecule has 76 valence electrons. The van der Waals surface area contributed by atoms with Crippen LogP contribution in [0.4, 0.5) is 0 Å². The Kier molecular flexibility index (Phi) is 4.22. The van der Waals surface area contributed by atoms with E-state index < -0.39 is 0 Å². The minimum Gasteiger partial charge on any atom is -0.369 e. The molecule has 2 unspecified atom stereocenters. The van der Waals surface area contributed by atoms with Crippen LogP contribution in [0.1, 0.15) is 39.0 Å². The third kappa shape index (κ3) is 3.77. The summed E-state index contributed by atoms with van der Waals surface area (Å²) in [6, 6.07) is 0.495. The van der Waals surface area contributed by atoms with E-state index in [1.807, 2.05) is 0 Å². The number of nitrogens with two attached hydrogens (primary N) is 1. The molecule has 2 atom stereocenters. The molecular weight excluding hydrogens is 164 g/mol. The van der Waals surface area contributed by atoms with Gasteiger partial charge in [-0.2, -0.15) is 0 Å². The van der Waals surface area contributed by atoms with Gasteiger partial charge in [0.25, 0.3) is 0 Å². The van der Waals surface area contributed by atoms with Crippen molar-refractivity contribution < 1.29 is 4.79 Å². The van der Waals surface area contributed by atoms with Gasteiger partial charge in [0.05, 0.1) is 6.54 Å². The summed E-state index contributed by atoms with van der Waals surface area (Å²) in [4.78, 5) is 10.6. The van der Waals surface area contributed by atoms with E-state index in [-0.39, 0.29) is 5.91 Å². The molecule has 0 heterocycles. The van der Waals surface area contributed by atoms with Gasteiger partial charge in [0.2, 0.25) is 5.91 Å². The van der Waals surface area contributed by atoms with Crippen molar-refractivity contribution in [1.82, 2.24) is 5.32 Å². The Morgan fingerprint density at radius 1 is 1.38 bits per heavy atom. The predicted octanol–water partition coefficient (Wildman–Crippen LogP) is 1.03. The molecule has 1 rings (SSSR count). The highest BCUT2D eigenvalue weighted by Crippen LogP contribution is 2.22. The highest BCUT2D eigenvalue weighted by Gasteiger charge is 2.19. The van der Waals surface area contributed by atoms with Crippen molar-refractivity contribution in [2.45, 2.75) is 45.1 Å². The first-order chi connectivity index (χ1) is 6.20. The molecule has 0 saturated heterocycles. The second-order valence-corrected chi connectivity index (χ2v) is 4.07. The maximum Gasteiger partial charge on any atom is 0.231 e. The van der Waals surface area contributed by atoms with Crippen LogP contribution in [0.3, 0.4) is 0 Å². The van der Waals surface area contributed by atoms with Crippen LogP contribution in [0.25, 0.3) is 0 Å². The van der Waals surface area contributed by atoms with Crippen LogP contribution in [0.15, 0.2) is 0 Å². The zero-order valence-electron chi connectivity index (χ0n) is 8.38. The number of carbonyl (C=O) groups is 1. The molecule has 0 bridgehead atoms. The standard InChI is InChI=1S/C10H20N2O/c1-8-5-3-2-4-6-9(8)12-7-10(11)13/h8-9,12H,2-7H2,1H3,(H2,11,13). The third-order valence-electron chi connectivity index (χ3n) is 2.90. The summed E-state index contributed by atoms with van der Waals surface area (Å²) >= 11 is 0. The van der Waals surface area contributed by atoms with Crippen LogP contribution in [-0.2, 0) is 4.79 Å². The highest BCUT2D eigenvalue weighted by atomic mass is 16.1. The number of rotatable bonds is 3. The molecule has 0 aromatic carbocycles. The fourth-order valence-corrected chi connectivity index (χ4v) is 2.03. The van der Waals surface area contributed by atoms with E-state index in [4.69, 9.17) is 5.73 Å². The lowest BCUT2D eigenvalue weighted by molar-refractivity contribution is -0.117. The molecule has 0 aliphatic heterocycles. The summed E-state index contributed by atoms with van der Waals surface area (Å²) in [5.41, 5.74) is 5.09. The minimum atomic E-state index is -0.253. The first-order valence-corrected chi connectivity index (χ1v) is 5.22. The summed E-state index contributed by atoms with van der Waals surface area (Å²) in [5, 5.41) is 3.24. The molecule has 1 amide bonds. The smallest absolute Gasteiger partial charge is 0.231 e. The van der Waals surface area contributed by atoms with Gasteiger partial charge < -0.3 is 11.1 Å². The van der Waals surface area contributed by atoms with E-state index in [0.717, 1.165) is 0 Å². The van der Waals surface area contributed by atoms with Crippen molar-refractivity contribution in [3.05, 3.63) is 0 Å². The fourth-order valence-electron chi connectivity index (χ4n) is 2.03.